The zero-order chi connectivity index (χ0) is 14.9. The molecule has 2 aromatic carbocycles. The fraction of sp³-hybridized carbons (Fsp3) is 0.235. The maximum Gasteiger partial charge on any atom is 0.307 e. The van der Waals surface area contributed by atoms with E-state index in [4.69, 9.17) is 9.84 Å². The highest BCUT2D eigenvalue weighted by Crippen LogP contribution is 2.19. The summed E-state index contributed by atoms with van der Waals surface area (Å²) in [5.41, 5.74) is 0.833. The Morgan fingerprint density at radius 2 is 1.76 bits per heavy atom. The molecule has 4 heteroatoms. The number of benzene rings is 2. The summed E-state index contributed by atoms with van der Waals surface area (Å²) < 4.78 is 5.63. The Labute approximate surface area is 129 Å². The van der Waals surface area contributed by atoms with Crippen LogP contribution in [0.5, 0.6) is 5.75 Å². The normalized spacial score (nSPS) is 10.3. The van der Waals surface area contributed by atoms with Gasteiger partial charge in [0.05, 0.1) is 13.0 Å². The van der Waals surface area contributed by atoms with Crippen molar-refractivity contribution in [2.75, 3.05) is 12.4 Å². The van der Waals surface area contributed by atoms with Crippen molar-refractivity contribution in [2.45, 2.75) is 17.7 Å². The average molecular weight is 302 g/mol. The molecule has 0 saturated carbocycles. The predicted octanol–water partition coefficient (Wildman–Crippen LogP) is 3.87. The zero-order valence-corrected chi connectivity index (χ0v) is 12.5. The molecule has 2 aromatic rings. The molecule has 0 spiro atoms. The minimum absolute atomic E-state index is 0.0792. The van der Waals surface area contributed by atoms with Crippen LogP contribution < -0.4 is 4.74 Å². The Morgan fingerprint density at radius 3 is 2.43 bits per heavy atom. The molecule has 21 heavy (non-hydrogen) atoms. The third-order valence-corrected chi connectivity index (χ3v) is 3.95. The quantitative estimate of drug-likeness (QED) is 0.594. The van der Waals surface area contributed by atoms with Crippen LogP contribution in [0.3, 0.4) is 0 Å². The van der Waals surface area contributed by atoms with Crippen LogP contribution in [0.2, 0.25) is 0 Å². The molecule has 110 valence electrons. The Bertz CT molecular complexity index is 552. The van der Waals surface area contributed by atoms with E-state index in [1.165, 1.54) is 0 Å². The molecule has 0 aliphatic rings. The van der Waals surface area contributed by atoms with Gasteiger partial charge in [-0.05, 0) is 36.2 Å². The van der Waals surface area contributed by atoms with Crippen molar-refractivity contribution in [1.29, 1.82) is 0 Å². The Kier molecular flexibility index (Phi) is 6.16. The molecule has 3 nitrogen and oxygen atoms in total. The Hall–Kier alpha value is -1.94. The van der Waals surface area contributed by atoms with E-state index in [0.29, 0.717) is 6.61 Å². The van der Waals surface area contributed by atoms with Crippen molar-refractivity contribution in [3.8, 4) is 5.75 Å². The Morgan fingerprint density at radius 1 is 1.05 bits per heavy atom. The molecule has 2 rings (SSSR count). The van der Waals surface area contributed by atoms with E-state index >= 15 is 0 Å². The van der Waals surface area contributed by atoms with Crippen molar-refractivity contribution in [3.63, 3.8) is 0 Å². The van der Waals surface area contributed by atoms with Crippen molar-refractivity contribution in [2.24, 2.45) is 0 Å². The van der Waals surface area contributed by atoms with Gasteiger partial charge in [-0.3, -0.25) is 4.79 Å². The van der Waals surface area contributed by atoms with E-state index in [2.05, 4.69) is 0 Å². The monoisotopic (exact) mass is 302 g/mol. The van der Waals surface area contributed by atoms with Crippen molar-refractivity contribution in [3.05, 3.63) is 60.2 Å². The van der Waals surface area contributed by atoms with Gasteiger partial charge >= 0.3 is 5.97 Å². The largest absolute Gasteiger partial charge is 0.494 e. The standard InChI is InChI=1S/C17H18O3S/c18-17(19)13-14-7-9-16(10-8-14)21-12-4-11-20-15-5-2-1-3-6-15/h1-3,5-10H,4,11-13H2,(H,18,19). The molecule has 0 saturated heterocycles. The predicted molar refractivity (Wildman–Crippen MR) is 85.1 cm³/mol. The first-order valence-corrected chi connectivity index (χ1v) is 7.84. The van der Waals surface area contributed by atoms with Gasteiger partial charge < -0.3 is 9.84 Å². The maximum atomic E-state index is 10.6. The fourth-order valence-electron chi connectivity index (χ4n) is 1.83. The lowest BCUT2D eigenvalue weighted by molar-refractivity contribution is -0.136. The first-order chi connectivity index (χ1) is 10.2. The van der Waals surface area contributed by atoms with Crippen LogP contribution in [0, 0.1) is 0 Å². The molecule has 0 atom stereocenters. The second-order valence-electron chi connectivity index (χ2n) is 4.58. The maximum absolute atomic E-state index is 10.6. The molecule has 0 aliphatic heterocycles. The van der Waals surface area contributed by atoms with Crippen LogP contribution in [0.25, 0.3) is 0 Å². The zero-order valence-electron chi connectivity index (χ0n) is 11.7. The van der Waals surface area contributed by atoms with Gasteiger partial charge in [-0.25, -0.2) is 0 Å². The van der Waals surface area contributed by atoms with E-state index in [1.807, 2.05) is 54.6 Å². The molecule has 0 fully saturated rings. The number of hydrogen-bond donors (Lipinski definition) is 1. The summed E-state index contributed by atoms with van der Waals surface area (Å²) in [5.74, 6) is 1.08. The van der Waals surface area contributed by atoms with E-state index in [0.717, 1.165) is 28.4 Å². The highest BCUT2D eigenvalue weighted by molar-refractivity contribution is 7.99. The number of para-hydroxylation sites is 1. The molecule has 0 amide bonds. The summed E-state index contributed by atoms with van der Waals surface area (Å²) in [6.45, 7) is 0.702. The van der Waals surface area contributed by atoms with Gasteiger partial charge in [0.25, 0.3) is 0 Å². The Balaban J connectivity index is 1.65. The van der Waals surface area contributed by atoms with Gasteiger partial charge in [0.15, 0.2) is 0 Å². The summed E-state index contributed by atoms with van der Waals surface area (Å²) in [5, 5.41) is 8.71. The molecule has 0 aliphatic carbocycles. The van der Waals surface area contributed by atoms with Gasteiger partial charge in [-0.2, -0.15) is 0 Å². The van der Waals surface area contributed by atoms with Crippen LogP contribution in [0.15, 0.2) is 59.5 Å². The summed E-state index contributed by atoms with van der Waals surface area (Å²) in [6.07, 6.45) is 1.05. The highest BCUT2D eigenvalue weighted by Gasteiger charge is 2.01. The van der Waals surface area contributed by atoms with Gasteiger partial charge in [-0.1, -0.05) is 30.3 Å². The molecular formula is C17H18O3S. The number of ether oxygens (including phenoxy) is 1. The fourth-order valence-corrected chi connectivity index (χ4v) is 2.66. The first-order valence-electron chi connectivity index (χ1n) is 6.85. The van der Waals surface area contributed by atoms with Crippen LogP contribution >= 0.6 is 11.8 Å². The van der Waals surface area contributed by atoms with Crippen molar-refractivity contribution < 1.29 is 14.6 Å². The molecular weight excluding hydrogens is 284 g/mol. The van der Waals surface area contributed by atoms with Crippen LogP contribution in [-0.4, -0.2) is 23.4 Å². The molecule has 0 bridgehead atoms. The lowest BCUT2D eigenvalue weighted by Gasteiger charge is -2.06. The second kappa shape index (κ2) is 8.37. The van der Waals surface area contributed by atoms with E-state index in [9.17, 15) is 4.79 Å². The number of thioether (sulfide) groups is 1. The molecule has 0 unspecified atom stereocenters. The minimum Gasteiger partial charge on any atom is -0.494 e. The molecule has 0 aromatic heterocycles. The molecule has 1 N–H and O–H groups in total. The van der Waals surface area contributed by atoms with Crippen molar-refractivity contribution >= 4 is 17.7 Å². The number of aliphatic carboxylic acids is 1. The number of carboxylic acids is 1. The van der Waals surface area contributed by atoms with E-state index in [1.54, 1.807) is 11.8 Å². The molecule has 0 radical (unpaired) electrons. The summed E-state index contributed by atoms with van der Waals surface area (Å²) in [6, 6.07) is 17.5. The summed E-state index contributed by atoms with van der Waals surface area (Å²) in [4.78, 5) is 11.8. The highest BCUT2D eigenvalue weighted by atomic mass is 32.2. The van der Waals surface area contributed by atoms with Crippen LogP contribution in [-0.2, 0) is 11.2 Å². The minimum atomic E-state index is -0.798. The number of rotatable bonds is 8. The first kappa shape index (κ1) is 15.4. The van der Waals surface area contributed by atoms with Gasteiger partial charge in [0.2, 0.25) is 0 Å². The SMILES string of the molecule is O=C(O)Cc1ccc(SCCCOc2ccccc2)cc1. The third kappa shape index (κ3) is 5.92. The summed E-state index contributed by atoms with van der Waals surface area (Å²) >= 11 is 1.76. The third-order valence-electron chi connectivity index (χ3n) is 2.85. The van der Waals surface area contributed by atoms with E-state index in [-0.39, 0.29) is 6.42 Å². The smallest absolute Gasteiger partial charge is 0.307 e. The lowest BCUT2D eigenvalue weighted by atomic mass is 10.2. The topological polar surface area (TPSA) is 46.5 Å². The van der Waals surface area contributed by atoms with Crippen LogP contribution in [0.1, 0.15) is 12.0 Å². The number of hydrogen-bond acceptors (Lipinski definition) is 3. The van der Waals surface area contributed by atoms with E-state index < -0.39 is 5.97 Å². The summed E-state index contributed by atoms with van der Waals surface area (Å²) in [7, 11) is 0. The molecule has 0 heterocycles. The van der Waals surface area contributed by atoms with Gasteiger partial charge in [0, 0.05) is 10.6 Å². The number of carbonyl (C=O) groups is 1. The van der Waals surface area contributed by atoms with Gasteiger partial charge in [0.1, 0.15) is 5.75 Å². The van der Waals surface area contributed by atoms with Crippen LogP contribution in [0.4, 0.5) is 0 Å². The average Bonchev–Trinajstić information content (AvgIpc) is 2.49. The number of carboxylic acid groups (broad SMARTS) is 1. The second-order valence-corrected chi connectivity index (χ2v) is 5.75. The van der Waals surface area contributed by atoms with Crippen molar-refractivity contribution in [1.82, 2.24) is 0 Å². The van der Waals surface area contributed by atoms with Gasteiger partial charge in [-0.15, -0.1) is 11.8 Å². The lowest BCUT2D eigenvalue weighted by Crippen LogP contribution is -1.99.